The Labute approximate surface area is 165 Å². The number of non-ortho nitro benzene ring substituents is 1. The van der Waals surface area contributed by atoms with Gasteiger partial charge in [0.2, 0.25) is 0 Å². The predicted octanol–water partition coefficient (Wildman–Crippen LogP) is 5.19. The van der Waals surface area contributed by atoms with Crippen molar-refractivity contribution in [2.24, 2.45) is 0 Å². The highest BCUT2D eigenvalue weighted by Gasteiger charge is 3.02. The number of halogens is 12. The Morgan fingerprint density at radius 2 is 1.23 bits per heavy atom. The lowest BCUT2D eigenvalue weighted by molar-refractivity contribution is -0.475. The molecule has 168 valence electrons. The first-order chi connectivity index (χ1) is 13.2. The van der Waals surface area contributed by atoms with Crippen molar-refractivity contribution < 1.29 is 58.0 Å². The average Bonchev–Trinajstić information content (AvgIpc) is 2.60. The second-order valence-electron chi connectivity index (χ2n) is 5.91. The molecule has 1 aliphatic rings. The summed E-state index contributed by atoms with van der Waals surface area (Å²) in [6, 6.07) is 1.42. The van der Waals surface area contributed by atoms with E-state index < -0.39 is 62.0 Å². The van der Waals surface area contributed by atoms with Crippen LogP contribution in [-0.2, 0) is 4.79 Å². The maximum atomic E-state index is 14.6. The summed E-state index contributed by atoms with van der Waals surface area (Å²) in [5, 5.41) is 11.4. The summed E-state index contributed by atoms with van der Waals surface area (Å²) < 4.78 is 149. The Kier molecular flexibility index (Phi) is 5.13. The molecule has 0 aromatic heterocycles. The molecule has 0 radical (unpaired) electrons. The van der Waals surface area contributed by atoms with Crippen molar-refractivity contribution in [2.75, 3.05) is 5.32 Å². The minimum atomic E-state index is -7.45. The lowest BCUT2D eigenvalue weighted by atomic mass is 9.71. The minimum absolute atomic E-state index is 0.410. The number of carbonyl (C=O) groups is 1. The van der Waals surface area contributed by atoms with Gasteiger partial charge in [-0.2, -0.15) is 43.9 Å². The number of amides is 1. The van der Waals surface area contributed by atoms with E-state index in [2.05, 4.69) is 15.9 Å². The first-order valence-electron chi connectivity index (χ1n) is 7.05. The van der Waals surface area contributed by atoms with Gasteiger partial charge >= 0.3 is 35.3 Å². The van der Waals surface area contributed by atoms with Crippen LogP contribution in [0.2, 0.25) is 0 Å². The van der Waals surface area contributed by atoms with Crippen LogP contribution in [0.15, 0.2) is 22.7 Å². The SMILES string of the molecule is O=C(Nc1ccc([N+](=O)[O-])cc1Br)C1(F)C(F)(F)C(F)(F)C(F)(F)C(F)(F)C1(F)F. The molecule has 0 spiro atoms. The monoisotopic (exact) mass is 524 g/mol. The minimum Gasteiger partial charge on any atom is -0.322 e. The van der Waals surface area contributed by atoms with Gasteiger partial charge < -0.3 is 5.32 Å². The van der Waals surface area contributed by atoms with E-state index in [0.717, 1.165) is 5.32 Å². The number of rotatable bonds is 3. The Bertz CT molecular complexity index is 892. The molecule has 17 heteroatoms. The first kappa shape index (κ1) is 24.1. The molecule has 1 N–H and O–H groups in total. The fraction of sp³-hybridized carbons (Fsp3) is 0.462. The van der Waals surface area contributed by atoms with Crippen LogP contribution >= 0.6 is 15.9 Å². The Hall–Kier alpha value is -2.20. The van der Waals surface area contributed by atoms with Gasteiger partial charge in [-0.15, -0.1) is 0 Å². The zero-order valence-corrected chi connectivity index (χ0v) is 15.0. The van der Waals surface area contributed by atoms with Crippen molar-refractivity contribution in [1.82, 2.24) is 0 Å². The Morgan fingerprint density at radius 3 is 1.60 bits per heavy atom. The summed E-state index contributed by atoms with van der Waals surface area (Å²) in [7, 11) is 0. The van der Waals surface area contributed by atoms with E-state index >= 15 is 0 Å². The molecule has 1 aromatic rings. The van der Waals surface area contributed by atoms with Crippen LogP contribution < -0.4 is 5.32 Å². The van der Waals surface area contributed by atoms with E-state index in [1.165, 1.54) is 0 Å². The molecule has 1 amide bonds. The van der Waals surface area contributed by atoms with Crippen LogP contribution in [0.5, 0.6) is 0 Å². The van der Waals surface area contributed by atoms with Gasteiger partial charge in [-0.05, 0) is 22.0 Å². The maximum absolute atomic E-state index is 14.6. The molecule has 0 bridgehead atoms. The lowest BCUT2D eigenvalue weighted by Gasteiger charge is -2.51. The molecule has 0 aliphatic heterocycles. The van der Waals surface area contributed by atoms with Crippen molar-refractivity contribution in [3.8, 4) is 0 Å². The normalized spacial score (nSPS) is 24.7. The second-order valence-corrected chi connectivity index (χ2v) is 6.76. The number of hydrogen-bond acceptors (Lipinski definition) is 3. The number of nitro benzene ring substituents is 1. The summed E-state index contributed by atoms with van der Waals surface area (Å²) in [5.74, 6) is -40.5. The van der Waals surface area contributed by atoms with E-state index in [-0.39, 0.29) is 0 Å². The number of carbonyl (C=O) groups excluding carboxylic acids is 1. The largest absolute Gasteiger partial charge is 0.384 e. The maximum Gasteiger partial charge on any atom is 0.384 e. The average molecular weight is 525 g/mol. The van der Waals surface area contributed by atoms with E-state index in [1.54, 1.807) is 0 Å². The van der Waals surface area contributed by atoms with Gasteiger partial charge in [0, 0.05) is 16.6 Å². The summed E-state index contributed by atoms with van der Waals surface area (Å²) in [4.78, 5) is 21.3. The number of anilines is 1. The van der Waals surface area contributed by atoms with Gasteiger partial charge in [0.1, 0.15) is 0 Å². The molecule has 1 aromatic carbocycles. The number of nitrogens with zero attached hydrogens (tertiary/aromatic N) is 1. The summed E-state index contributed by atoms with van der Waals surface area (Å²) >= 11 is 2.47. The molecule has 5 nitrogen and oxygen atoms in total. The highest BCUT2D eigenvalue weighted by atomic mass is 79.9. The third-order valence-electron chi connectivity index (χ3n) is 4.17. The summed E-state index contributed by atoms with van der Waals surface area (Å²) in [6.07, 6.45) is 0. The zero-order chi connectivity index (χ0) is 23.7. The van der Waals surface area contributed by atoms with Crippen LogP contribution in [0.4, 0.5) is 59.7 Å². The molecule has 0 atom stereocenters. The molecular formula is C13H4BrF11N2O3. The van der Waals surface area contributed by atoms with Gasteiger partial charge in [0.05, 0.1) is 10.6 Å². The molecule has 2 rings (SSSR count). The number of nitro groups is 1. The third-order valence-corrected chi connectivity index (χ3v) is 4.82. The molecule has 0 unspecified atom stereocenters. The van der Waals surface area contributed by atoms with Gasteiger partial charge in [-0.1, -0.05) is 0 Å². The number of nitrogens with one attached hydrogen (secondary N) is 1. The van der Waals surface area contributed by atoms with E-state index in [9.17, 15) is 63.2 Å². The van der Waals surface area contributed by atoms with Crippen molar-refractivity contribution in [1.29, 1.82) is 0 Å². The molecule has 0 heterocycles. The molecular weight excluding hydrogens is 521 g/mol. The lowest BCUT2D eigenvalue weighted by Crippen LogP contribution is -2.86. The third kappa shape index (κ3) is 2.56. The van der Waals surface area contributed by atoms with Crippen LogP contribution in [0.3, 0.4) is 0 Å². The van der Waals surface area contributed by atoms with Crippen LogP contribution in [0.1, 0.15) is 0 Å². The zero-order valence-electron chi connectivity index (χ0n) is 13.4. The number of benzene rings is 1. The highest BCUT2D eigenvalue weighted by Crippen LogP contribution is 2.69. The van der Waals surface area contributed by atoms with Gasteiger partial charge in [-0.3, -0.25) is 14.9 Å². The fourth-order valence-electron chi connectivity index (χ4n) is 2.43. The van der Waals surface area contributed by atoms with E-state index in [4.69, 9.17) is 0 Å². The standard InChI is InChI=1S/C13H4BrF11N2O3/c14-5-3-4(27(29)30)1-2-6(5)26-7(28)8(15)9(16,17)11(20,21)13(24,25)12(22,23)10(8,18)19/h1-3H,(H,26,28). The second kappa shape index (κ2) is 6.40. The Morgan fingerprint density at radius 1 is 0.833 bits per heavy atom. The van der Waals surface area contributed by atoms with E-state index in [1.807, 2.05) is 0 Å². The van der Waals surface area contributed by atoms with Crippen LogP contribution in [-0.4, -0.2) is 46.1 Å². The molecule has 0 saturated heterocycles. The fourth-order valence-corrected chi connectivity index (χ4v) is 2.90. The smallest absolute Gasteiger partial charge is 0.322 e. The van der Waals surface area contributed by atoms with Crippen molar-refractivity contribution in [3.05, 3.63) is 32.8 Å². The summed E-state index contributed by atoms with van der Waals surface area (Å²) in [6.45, 7) is 0. The highest BCUT2D eigenvalue weighted by molar-refractivity contribution is 9.10. The van der Waals surface area contributed by atoms with Gasteiger partial charge in [-0.25, -0.2) is 4.39 Å². The van der Waals surface area contributed by atoms with E-state index in [0.29, 0.717) is 18.2 Å². The number of hydrogen-bond donors (Lipinski definition) is 1. The van der Waals surface area contributed by atoms with Crippen molar-refractivity contribution >= 4 is 33.2 Å². The van der Waals surface area contributed by atoms with Crippen molar-refractivity contribution in [2.45, 2.75) is 35.3 Å². The molecule has 1 saturated carbocycles. The topological polar surface area (TPSA) is 72.2 Å². The number of alkyl halides is 11. The van der Waals surface area contributed by atoms with Crippen LogP contribution in [0, 0.1) is 10.1 Å². The summed E-state index contributed by atoms with van der Waals surface area (Å²) in [5.41, 5.74) is -8.66. The van der Waals surface area contributed by atoms with Gasteiger partial charge in [0.25, 0.3) is 11.6 Å². The quantitative estimate of drug-likeness (QED) is 0.336. The first-order valence-corrected chi connectivity index (χ1v) is 7.84. The van der Waals surface area contributed by atoms with Crippen molar-refractivity contribution in [3.63, 3.8) is 0 Å². The predicted molar refractivity (Wildman–Crippen MR) is 78.0 cm³/mol. The molecule has 1 aliphatic carbocycles. The molecule has 1 fully saturated rings. The molecule has 30 heavy (non-hydrogen) atoms. The Balaban J connectivity index is 2.65. The van der Waals surface area contributed by atoms with Crippen LogP contribution in [0.25, 0.3) is 0 Å². The van der Waals surface area contributed by atoms with Gasteiger partial charge in [0.15, 0.2) is 0 Å².